The summed E-state index contributed by atoms with van der Waals surface area (Å²) in [6, 6.07) is 1.09. The summed E-state index contributed by atoms with van der Waals surface area (Å²) in [5.41, 5.74) is 0.430. The minimum Gasteiger partial charge on any atom is -0.384 e. The summed E-state index contributed by atoms with van der Waals surface area (Å²) in [7, 11) is -2.17. The summed E-state index contributed by atoms with van der Waals surface area (Å²) in [6.45, 7) is 3.81. The maximum Gasteiger partial charge on any atom is 0.242 e. The van der Waals surface area contributed by atoms with E-state index in [0.29, 0.717) is 5.56 Å². The average molecular weight is 312 g/mol. The quantitative estimate of drug-likeness (QED) is 0.741. The van der Waals surface area contributed by atoms with Crippen LogP contribution in [-0.2, 0) is 14.8 Å². The molecule has 21 heavy (non-hydrogen) atoms. The number of nitrogens with zero attached hydrogens (tertiary/aromatic N) is 1. The molecule has 0 aliphatic carbocycles. The first-order valence-electron chi connectivity index (χ1n) is 6.46. The van der Waals surface area contributed by atoms with E-state index in [1.165, 1.54) is 25.6 Å². The third kappa shape index (κ3) is 5.44. The molecule has 0 aliphatic rings. The summed E-state index contributed by atoms with van der Waals surface area (Å²) in [4.78, 5) is 3.90. The largest absolute Gasteiger partial charge is 0.384 e. The van der Waals surface area contributed by atoms with Gasteiger partial charge >= 0.3 is 0 Å². The second kappa shape index (κ2) is 8.10. The van der Waals surface area contributed by atoms with Crippen LogP contribution in [0.1, 0.15) is 19.4 Å². The van der Waals surface area contributed by atoms with E-state index in [9.17, 15) is 8.42 Å². The Hall–Kier alpha value is -1.46. The molecular weight excluding hydrogens is 292 g/mol. The fraction of sp³-hybridized carbons (Fsp3) is 0.500. The zero-order valence-electron chi connectivity index (χ0n) is 12.3. The first kappa shape index (κ1) is 17.6. The van der Waals surface area contributed by atoms with Crippen molar-refractivity contribution in [2.75, 3.05) is 20.3 Å². The molecule has 0 amide bonds. The van der Waals surface area contributed by atoms with Crippen molar-refractivity contribution in [1.29, 1.82) is 0 Å². The number of nitrogens with one attached hydrogen (secondary N) is 1. The van der Waals surface area contributed by atoms with Gasteiger partial charge in [-0.1, -0.05) is 25.7 Å². The Morgan fingerprint density at radius 3 is 2.71 bits per heavy atom. The van der Waals surface area contributed by atoms with E-state index in [0.717, 1.165) is 0 Å². The summed E-state index contributed by atoms with van der Waals surface area (Å²) < 4.78 is 32.3. The molecule has 0 radical (unpaired) electrons. The lowest BCUT2D eigenvalue weighted by Crippen LogP contribution is -2.41. The minimum atomic E-state index is -3.70. The number of aliphatic hydroxyl groups is 1. The highest BCUT2D eigenvalue weighted by molar-refractivity contribution is 7.89. The lowest BCUT2D eigenvalue weighted by atomic mass is 10.1. The van der Waals surface area contributed by atoms with Crippen LogP contribution in [0.25, 0.3) is 0 Å². The van der Waals surface area contributed by atoms with Crippen LogP contribution >= 0.6 is 0 Å². The Morgan fingerprint density at radius 2 is 2.14 bits per heavy atom. The predicted octanol–water partition coefficient (Wildman–Crippen LogP) is 0.375. The van der Waals surface area contributed by atoms with Crippen LogP contribution in [0.2, 0.25) is 0 Å². The molecule has 0 saturated carbocycles. The molecule has 2 N–H and O–H groups in total. The second-order valence-electron chi connectivity index (χ2n) is 4.80. The molecule has 1 rings (SSSR count). The van der Waals surface area contributed by atoms with E-state index in [4.69, 9.17) is 9.84 Å². The summed E-state index contributed by atoms with van der Waals surface area (Å²) in [5.74, 6) is 5.17. The molecule has 7 heteroatoms. The van der Waals surface area contributed by atoms with Crippen LogP contribution in [0.3, 0.4) is 0 Å². The molecule has 0 aliphatic heterocycles. The van der Waals surface area contributed by atoms with Crippen LogP contribution in [0.4, 0.5) is 0 Å². The minimum absolute atomic E-state index is 0.0361. The van der Waals surface area contributed by atoms with Crippen molar-refractivity contribution in [1.82, 2.24) is 9.71 Å². The number of pyridine rings is 1. The van der Waals surface area contributed by atoms with Gasteiger partial charge < -0.3 is 9.84 Å². The molecule has 0 fully saturated rings. The van der Waals surface area contributed by atoms with Gasteiger partial charge in [-0.15, -0.1) is 0 Å². The summed E-state index contributed by atoms with van der Waals surface area (Å²) >= 11 is 0. The molecule has 1 aromatic rings. The Bertz CT molecular complexity index is 617. The topological polar surface area (TPSA) is 88.5 Å². The standard InChI is InChI=1S/C14H20N2O4S/c1-11(2)14(10-20-3)16-21(18,19)13-7-12(5-4-6-17)8-15-9-13/h7-9,11,14,16-17H,6,10H2,1-3H3. The van der Waals surface area contributed by atoms with Crippen molar-refractivity contribution in [3.8, 4) is 11.8 Å². The van der Waals surface area contributed by atoms with Crippen LogP contribution in [-0.4, -0.2) is 44.9 Å². The van der Waals surface area contributed by atoms with E-state index in [2.05, 4.69) is 21.5 Å². The zero-order chi connectivity index (χ0) is 15.9. The van der Waals surface area contributed by atoms with Gasteiger partial charge in [-0.2, -0.15) is 0 Å². The molecule has 0 aromatic carbocycles. The molecule has 0 bridgehead atoms. The molecule has 1 atom stereocenters. The highest BCUT2D eigenvalue weighted by Crippen LogP contribution is 2.12. The van der Waals surface area contributed by atoms with Gasteiger partial charge in [0.1, 0.15) is 11.5 Å². The SMILES string of the molecule is COCC(NS(=O)(=O)c1cncc(C#CCO)c1)C(C)C. The lowest BCUT2D eigenvalue weighted by Gasteiger charge is -2.21. The van der Waals surface area contributed by atoms with Gasteiger partial charge in [0.25, 0.3) is 0 Å². The molecule has 6 nitrogen and oxygen atoms in total. The third-order valence-electron chi connectivity index (χ3n) is 2.79. The fourth-order valence-corrected chi connectivity index (χ4v) is 2.94. The first-order chi connectivity index (χ1) is 9.90. The number of hydrogen-bond acceptors (Lipinski definition) is 5. The van der Waals surface area contributed by atoms with Gasteiger partial charge in [-0.25, -0.2) is 13.1 Å². The van der Waals surface area contributed by atoms with Crippen LogP contribution < -0.4 is 4.72 Å². The van der Waals surface area contributed by atoms with Crippen molar-refractivity contribution < 1.29 is 18.3 Å². The molecule has 0 spiro atoms. The fourth-order valence-electron chi connectivity index (χ4n) is 1.59. The number of rotatable bonds is 6. The van der Waals surface area contributed by atoms with Gasteiger partial charge in [0.2, 0.25) is 10.0 Å². The average Bonchev–Trinajstić information content (AvgIpc) is 2.44. The molecule has 1 heterocycles. The second-order valence-corrected chi connectivity index (χ2v) is 6.51. The van der Waals surface area contributed by atoms with Crippen molar-refractivity contribution in [2.24, 2.45) is 5.92 Å². The number of sulfonamides is 1. The van der Waals surface area contributed by atoms with Crippen LogP contribution in [0.5, 0.6) is 0 Å². The Balaban J connectivity index is 3.01. The van der Waals surface area contributed by atoms with E-state index >= 15 is 0 Å². The molecule has 116 valence electrons. The van der Waals surface area contributed by atoms with Gasteiger partial charge in [-0.05, 0) is 12.0 Å². The van der Waals surface area contributed by atoms with Gasteiger partial charge in [-0.3, -0.25) is 4.98 Å². The highest BCUT2D eigenvalue weighted by atomic mass is 32.2. The smallest absolute Gasteiger partial charge is 0.242 e. The number of hydrogen-bond donors (Lipinski definition) is 2. The van der Waals surface area contributed by atoms with Gasteiger partial charge in [0.05, 0.1) is 6.61 Å². The third-order valence-corrected chi connectivity index (χ3v) is 4.25. The zero-order valence-corrected chi connectivity index (χ0v) is 13.1. The normalized spacial score (nSPS) is 12.8. The molecular formula is C14H20N2O4S. The van der Waals surface area contributed by atoms with Gasteiger partial charge in [0, 0.05) is 31.1 Å². The van der Waals surface area contributed by atoms with Crippen LogP contribution in [0.15, 0.2) is 23.4 Å². The van der Waals surface area contributed by atoms with Gasteiger partial charge in [0.15, 0.2) is 0 Å². The molecule has 1 unspecified atom stereocenters. The number of aromatic nitrogens is 1. The first-order valence-corrected chi connectivity index (χ1v) is 7.95. The molecule has 1 aromatic heterocycles. The van der Waals surface area contributed by atoms with E-state index in [1.807, 2.05) is 13.8 Å². The number of methoxy groups -OCH3 is 1. The number of aliphatic hydroxyl groups excluding tert-OH is 1. The lowest BCUT2D eigenvalue weighted by molar-refractivity contribution is 0.157. The number of ether oxygens (including phenoxy) is 1. The Morgan fingerprint density at radius 1 is 1.43 bits per heavy atom. The maximum absolute atomic E-state index is 12.3. The monoisotopic (exact) mass is 312 g/mol. The van der Waals surface area contributed by atoms with E-state index in [1.54, 1.807) is 0 Å². The molecule has 0 saturated heterocycles. The van der Waals surface area contributed by atoms with E-state index in [-0.39, 0.29) is 30.1 Å². The van der Waals surface area contributed by atoms with Crippen molar-refractivity contribution in [2.45, 2.75) is 24.8 Å². The Kier molecular flexibility index (Phi) is 6.78. The van der Waals surface area contributed by atoms with Crippen molar-refractivity contribution >= 4 is 10.0 Å². The van der Waals surface area contributed by atoms with Crippen LogP contribution in [0, 0.1) is 17.8 Å². The predicted molar refractivity (Wildman–Crippen MR) is 79.0 cm³/mol. The highest BCUT2D eigenvalue weighted by Gasteiger charge is 2.22. The van der Waals surface area contributed by atoms with Crippen molar-refractivity contribution in [3.05, 3.63) is 24.0 Å². The summed E-state index contributed by atoms with van der Waals surface area (Å²) in [5, 5.41) is 8.66. The Labute approximate surface area is 125 Å². The maximum atomic E-state index is 12.3. The van der Waals surface area contributed by atoms with E-state index < -0.39 is 10.0 Å². The summed E-state index contributed by atoms with van der Waals surface area (Å²) in [6.07, 6.45) is 2.70. The van der Waals surface area contributed by atoms with Crippen molar-refractivity contribution in [3.63, 3.8) is 0 Å².